The fraction of sp³-hybridized carbons (Fsp3) is 0.529. The van der Waals surface area contributed by atoms with E-state index in [0.29, 0.717) is 18.6 Å². The Morgan fingerprint density at radius 1 is 1.24 bits per heavy atom. The summed E-state index contributed by atoms with van der Waals surface area (Å²) in [7, 11) is 0. The fourth-order valence-electron chi connectivity index (χ4n) is 2.70. The molecule has 0 aliphatic carbocycles. The predicted octanol–water partition coefficient (Wildman–Crippen LogP) is 3.69. The number of hydrogen-bond donors (Lipinski definition) is 1. The van der Waals surface area contributed by atoms with Crippen molar-refractivity contribution in [2.45, 2.75) is 52.4 Å². The van der Waals surface area contributed by atoms with E-state index < -0.39 is 0 Å². The quantitative estimate of drug-likeness (QED) is 0.642. The molecule has 21 heavy (non-hydrogen) atoms. The van der Waals surface area contributed by atoms with Gasteiger partial charge in [0.1, 0.15) is 5.75 Å². The van der Waals surface area contributed by atoms with Crippen LogP contribution in [0.25, 0.3) is 0 Å². The van der Waals surface area contributed by atoms with Gasteiger partial charge in [0.05, 0.1) is 5.92 Å². The molecule has 0 atom stereocenters. The smallest absolute Gasteiger partial charge is 0.314 e. The monoisotopic (exact) mass is 289 g/mol. The topological polar surface area (TPSA) is 55.4 Å². The minimum Gasteiger partial charge on any atom is -0.426 e. The molecule has 0 spiro atoms. The van der Waals surface area contributed by atoms with Crippen LogP contribution in [0.2, 0.25) is 0 Å². The summed E-state index contributed by atoms with van der Waals surface area (Å²) in [6.07, 6.45) is 4.88. The SMILES string of the molecule is CCCC(CCC)C(=O)Oc1ccc2c(c1)CCC(=O)N2. The van der Waals surface area contributed by atoms with Crippen molar-refractivity contribution in [3.8, 4) is 5.75 Å². The van der Waals surface area contributed by atoms with E-state index >= 15 is 0 Å². The first kappa shape index (κ1) is 15.5. The Morgan fingerprint density at radius 2 is 1.95 bits per heavy atom. The van der Waals surface area contributed by atoms with Crippen LogP contribution >= 0.6 is 0 Å². The molecule has 0 saturated carbocycles. The predicted molar refractivity (Wildman–Crippen MR) is 82.3 cm³/mol. The Bertz CT molecular complexity index is 519. The molecule has 0 fully saturated rings. The average Bonchev–Trinajstić information content (AvgIpc) is 2.47. The number of aryl methyl sites for hydroxylation is 1. The number of rotatable bonds is 6. The number of carbonyl (C=O) groups is 2. The van der Waals surface area contributed by atoms with Gasteiger partial charge >= 0.3 is 5.97 Å². The summed E-state index contributed by atoms with van der Waals surface area (Å²) in [4.78, 5) is 23.5. The Balaban J connectivity index is 2.05. The van der Waals surface area contributed by atoms with Gasteiger partial charge in [-0.05, 0) is 43.0 Å². The van der Waals surface area contributed by atoms with Crippen molar-refractivity contribution in [2.75, 3.05) is 5.32 Å². The van der Waals surface area contributed by atoms with Crippen LogP contribution in [-0.2, 0) is 16.0 Å². The summed E-state index contributed by atoms with van der Waals surface area (Å²) in [6.45, 7) is 4.16. The lowest BCUT2D eigenvalue weighted by Crippen LogP contribution is -2.21. The Labute approximate surface area is 125 Å². The molecule has 4 heteroatoms. The first-order chi connectivity index (χ1) is 10.1. The van der Waals surface area contributed by atoms with Crippen LogP contribution in [0.4, 0.5) is 5.69 Å². The zero-order valence-electron chi connectivity index (χ0n) is 12.8. The van der Waals surface area contributed by atoms with Gasteiger partial charge in [0.2, 0.25) is 5.91 Å². The Hall–Kier alpha value is -1.84. The van der Waals surface area contributed by atoms with Crippen LogP contribution in [0.3, 0.4) is 0 Å². The van der Waals surface area contributed by atoms with Gasteiger partial charge in [-0.3, -0.25) is 9.59 Å². The minimum atomic E-state index is -0.140. The summed E-state index contributed by atoms with van der Waals surface area (Å²) >= 11 is 0. The molecule has 1 amide bonds. The Morgan fingerprint density at radius 3 is 2.62 bits per heavy atom. The standard InChI is InChI=1S/C17H23NO3/c1-3-5-12(6-4-2)17(20)21-14-8-9-15-13(11-14)7-10-16(19)18-15/h8-9,11-12H,3-7,10H2,1-2H3,(H,18,19). The van der Waals surface area contributed by atoms with E-state index in [1.54, 1.807) is 6.07 Å². The summed E-state index contributed by atoms with van der Waals surface area (Å²) < 4.78 is 5.52. The minimum absolute atomic E-state index is 0.0178. The number of ether oxygens (including phenoxy) is 1. The van der Waals surface area contributed by atoms with Gasteiger partial charge in [-0.2, -0.15) is 0 Å². The molecular weight excluding hydrogens is 266 g/mol. The van der Waals surface area contributed by atoms with Gasteiger partial charge in [-0.15, -0.1) is 0 Å². The third-order valence-electron chi connectivity index (χ3n) is 3.80. The second-order valence-electron chi connectivity index (χ2n) is 5.56. The van der Waals surface area contributed by atoms with E-state index in [-0.39, 0.29) is 17.8 Å². The van der Waals surface area contributed by atoms with Crippen molar-refractivity contribution in [3.63, 3.8) is 0 Å². The molecule has 114 valence electrons. The van der Waals surface area contributed by atoms with Crippen molar-refractivity contribution in [1.29, 1.82) is 0 Å². The van der Waals surface area contributed by atoms with Crippen molar-refractivity contribution in [3.05, 3.63) is 23.8 Å². The van der Waals surface area contributed by atoms with Gasteiger partial charge in [0.15, 0.2) is 0 Å². The van der Waals surface area contributed by atoms with E-state index in [2.05, 4.69) is 19.2 Å². The highest BCUT2D eigenvalue weighted by Gasteiger charge is 2.20. The molecule has 1 aliphatic rings. The molecule has 1 heterocycles. The molecule has 0 aromatic heterocycles. The zero-order chi connectivity index (χ0) is 15.2. The lowest BCUT2D eigenvalue weighted by molar-refractivity contribution is -0.139. The molecule has 1 aromatic rings. The summed E-state index contributed by atoms with van der Waals surface area (Å²) in [5.74, 6) is 0.458. The van der Waals surface area contributed by atoms with Gasteiger partial charge in [-0.25, -0.2) is 0 Å². The molecule has 0 radical (unpaired) electrons. The molecule has 4 nitrogen and oxygen atoms in total. The van der Waals surface area contributed by atoms with Gasteiger partial charge in [0, 0.05) is 12.1 Å². The van der Waals surface area contributed by atoms with E-state index in [1.165, 1.54) is 0 Å². The number of carbonyl (C=O) groups excluding carboxylic acids is 2. The summed E-state index contributed by atoms with van der Waals surface area (Å²) in [6, 6.07) is 5.42. The number of hydrogen-bond acceptors (Lipinski definition) is 3. The van der Waals surface area contributed by atoms with Gasteiger partial charge in [-0.1, -0.05) is 26.7 Å². The summed E-state index contributed by atoms with van der Waals surface area (Å²) in [5.41, 5.74) is 1.85. The number of esters is 1. The molecular formula is C17H23NO3. The lowest BCUT2D eigenvalue weighted by Gasteiger charge is -2.18. The van der Waals surface area contributed by atoms with Crippen LogP contribution in [0.5, 0.6) is 5.75 Å². The zero-order valence-corrected chi connectivity index (χ0v) is 12.8. The maximum atomic E-state index is 12.2. The second-order valence-corrected chi connectivity index (χ2v) is 5.56. The molecule has 1 aliphatic heterocycles. The van der Waals surface area contributed by atoms with Crippen LogP contribution in [0.15, 0.2) is 18.2 Å². The molecule has 2 rings (SSSR count). The van der Waals surface area contributed by atoms with Crippen LogP contribution in [0, 0.1) is 5.92 Å². The average molecular weight is 289 g/mol. The number of nitrogens with one attached hydrogen (secondary N) is 1. The number of benzene rings is 1. The molecule has 0 saturated heterocycles. The van der Waals surface area contributed by atoms with E-state index in [4.69, 9.17) is 4.74 Å². The maximum Gasteiger partial charge on any atom is 0.314 e. The molecule has 1 N–H and O–H groups in total. The van der Waals surface area contributed by atoms with Crippen LogP contribution in [0.1, 0.15) is 51.5 Å². The highest BCUT2D eigenvalue weighted by molar-refractivity contribution is 5.94. The first-order valence-electron chi connectivity index (χ1n) is 7.78. The van der Waals surface area contributed by atoms with Gasteiger partial charge < -0.3 is 10.1 Å². The van der Waals surface area contributed by atoms with E-state index in [1.807, 2.05) is 12.1 Å². The highest BCUT2D eigenvalue weighted by atomic mass is 16.5. The fourth-order valence-corrected chi connectivity index (χ4v) is 2.70. The largest absolute Gasteiger partial charge is 0.426 e. The van der Waals surface area contributed by atoms with Crippen LogP contribution < -0.4 is 10.1 Å². The maximum absolute atomic E-state index is 12.2. The van der Waals surface area contributed by atoms with Crippen molar-refractivity contribution < 1.29 is 14.3 Å². The number of fused-ring (bicyclic) bond motifs is 1. The second kappa shape index (κ2) is 7.25. The van der Waals surface area contributed by atoms with Crippen molar-refractivity contribution >= 4 is 17.6 Å². The third kappa shape index (κ3) is 4.06. The van der Waals surface area contributed by atoms with E-state index in [0.717, 1.165) is 36.9 Å². The van der Waals surface area contributed by atoms with Crippen LogP contribution in [-0.4, -0.2) is 11.9 Å². The molecule has 0 unspecified atom stereocenters. The highest BCUT2D eigenvalue weighted by Crippen LogP contribution is 2.27. The Kier molecular flexibility index (Phi) is 5.37. The van der Waals surface area contributed by atoms with Crippen molar-refractivity contribution in [1.82, 2.24) is 0 Å². The lowest BCUT2D eigenvalue weighted by atomic mass is 9.98. The molecule has 1 aromatic carbocycles. The van der Waals surface area contributed by atoms with Gasteiger partial charge in [0.25, 0.3) is 0 Å². The summed E-state index contributed by atoms with van der Waals surface area (Å²) in [5, 5.41) is 2.82. The van der Waals surface area contributed by atoms with Crippen molar-refractivity contribution in [2.24, 2.45) is 5.92 Å². The number of amides is 1. The normalized spacial score (nSPS) is 13.8. The number of anilines is 1. The van der Waals surface area contributed by atoms with E-state index in [9.17, 15) is 9.59 Å². The molecule has 0 bridgehead atoms. The third-order valence-corrected chi connectivity index (χ3v) is 3.80. The first-order valence-corrected chi connectivity index (χ1v) is 7.78.